The van der Waals surface area contributed by atoms with E-state index in [2.05, 4.69) is 11.4 Å². The van der Waals surface area contributed by atoms with Gasteiger partial charge >= 0.3 is 5.97 Å². The van der Waals surface area contributed by atoms with Gasteiger partial charge in [-0.25, -0.2) is 4.79 Å². The highest BCUT2D eigenvalue weighted by molar-refractivity contribution is 5.95. The number of fused-ring (bicyclic) bond motifs is 1. The Morgan fingerprint density at radius 3 is 2.77 bits per heavy atom. The zero-order chi connectivity index (χ0) is 18.7. The molecule has 2 N–H and O–H groups in total. The fourth-order valence-electron chi connectivity index (χ4n) is 3.29. The average Bonchev–Trinajstić information content (AvgIpc) is 2.64. The first-order valence-electron chi connectivity index (χ1n) is 8.85. The Kier molecular flexibility index (Phi) is 5.26. The Bertz CT molecular complexity index is 831. The summed E-state index contributed by atoms with van der Waals surface area (Å²) in [6.07, 6.45) is 1.94. The maximum Gasteiger partial charge on any atom is 0.342 e. The molecule has 0 radical (unpaired) electrons. The number of ether oxygens (including phenoxy) is 1. The van der Waals surface area contributed by atoms with Gasteiger partial charge in [-0.2, -0.15) is 0 Å². The molecule has 2 atom stereocenters. The van der Waals surface area contributed by atoms with Crippen molar-refractivity contribution in [1.82, 2.24) is 5.32 Å². The molecule has 5 heteroatoms. The van der Waals surface area contributed by atoms with E-state index in [4.69, 9.17) is 4.74 Å². The Morgan fingerprint density at radius 1 is 1.19 bits per heavy atom. The van der Waals surface area contributed by atoms with Crippen molar-refractivity contribution in [2.24, 2.45) is 0 Å². The Balaban J connectivity index is 1.65. The first-order valence-corrected chi connectivity index (χ1v) is 8.85. The molecule has 0 aliphatic heterocycles. The number of carbonyl (C=O) groups is 2. The van der Waals surface area contributed by atoms with E-state index in [9.17, 15) is 14.7 Å². The second-order valence-electron chi connectivity index (χ2n) is 6.67. The summed E-state index contributed by atoms with van der Waals surface area (Å²) < 4.78 is 5.25. The van der Waals surface area contributed by atoms with Crippen LogP contribution in [0, 0.1) is 6.92 Å². The van der Waals surface area contributed by atoms with Gasteiger partial charge in [0, 0.05) is 0 Å². The van der Waals surface area contributed by atoms with Gasteiger partial charge in [-0.05, 0) is 55.9 Å². The highest BCUT2D eigenvalue weighted by Gasteiger charge is 2.26. The van der Waals surface area contributed by atoms with Gasteiger partial charge < -0.3 is 15.2 Å². The standard InChI is InChI=1S/C21H23NO4/c1-13-7-5-11-17(19(13)23)21(25)26-14(2)20(24)22-18-12-6-9-15-8-3-4-10-16(15)18/h3-5,7-8,10-11,14,18,23H,6,9,12H2,1-2H3,(H,22,24)/t14-,18+/m0/s1. The van der Waals surface area contributed by atoms with Crippen LogP contribution in [0.25, 0.3) is 0 Å². The molecule has 0 unspecified atom stereocenters. The minimum absolute atomic E-state index is 0.0627. The maximum atomic E-state index is 12.5. The lowest BCUT2D eigenvalue weighted by atomic mass is 9.87. The zero-order valence-electron chi connectivity index (χ0n) is 15.0. The van der Waals surface area contributed by atoms with Crippen LogP contribution in [-0.4, -0.2) is 23.1 Å². The number of hydrogen-bond acceptors (Lipinski definition) is 4. The number of amides is 1. The third kappa shape index (κ3) is 3.72. The summed E-state index contributed by atoms with van der Waals surface area (Å²) in [5.41, 5.74) is 3.02. The molecule has 5 nitrogen and oxygen atoms in total. The first-order chi connectivity index (χ1) is 12.5. The number of para-hydroxylation sites is 1. The van der Waals surface area contributed by atoms with Gasteiger partial charge in [-0.3, -0.25) is 4.79 Å². The summed E-state index contributed by atoms with van der Waals surface area (Å²) >= 11 is 0. The van der Waals surface area contributed by atoms with Crippen LogP contribution in [0.15, 0.2) is 42.5 Å². The highest BCUT2D eigenvalue weighted by Crippen LogP contribution is 2.29. The number of esters is 1. The predicted molar refractivity (Wildman–Crippen MR) is 98.0 cm³/mol. The monoisotopic (exact) mass is 353 g/mol. The minimum atomic E-state index is -0.948. The number of phenols is 1. The summed E-state index contributed by atoms with van der Waals surface area (Å²) in [6.45, 7) is 3.23. The lowest BCUT2D eigenvalue weighted by Gasteiger charge is -2.27. The van der Waals surface area contributed by atoms with Crippen LogP contribution in [0.3, 0.4) is 0 Å². The fraction of sp³-hybridized carbons (Fsp3) is 0.333. The molecule has 2 aromatic carbocycles. The molecule has 0 saturated carbocycles. The number of rotatable bonds is 4. The van der Waals surface area contributed by atoms with Crippen LogP contribution in [-0.2, 0) is 16.0 Å². The van der Waals surface area contributed by atoms with Crippen molar-refractivity contribution >= 4 is 11.9 Å². The van der Waals surface area contributed by atoms with Crippen molar-refractivity contribution in [2.75, 3.05) is 0 Å². The van der Waals surface area contributed by atoms with E-state index in [1.807, 2.05) is 18.2 Å². The van der Waals surface area contributed by atoms with Gasteiger partial charge in [0.25, 0.3) is 5.91 Å². The number of phenolic OH excluding ortho intramolecular Hbond substituents is 1. The SMILES string of the molecule is Cc1cccc(C(=O)O[C@@H](C)C(=O)N[C@@H]2CCCc3ccccc32)c1O. The molecule has 0 aromatic heterocycles. The van der Waals surface area contributed by atoms with E-state index >= 15 is 0 Å². The van der Waals surface area contributed by atoms with Gasteiger partial charge in [0.05, 0.1) is 6.04 Å². The molecule has 1 aliphatic carbocycles. The predicted octanol–water partition coefficient (Wildman–Crippen LogP) is 3.44. The van der Waals surface area contributed by atoms with Gasteiger partial charge in [-0.15, -0.1) is 0 Å². The normalized spacial score (nSPS) is 17.1. The molecule has 0 bridgehead atoms. The molecule has 1 amide bonds. The number of aromatic hydroxyl groups is 1. The Hall–Kier alpha value is -2.82. The van der Waals surface area contributed by atoms with Gasteiger partial charge in [0.15, 0.2) is 6.10 Å². The van der Waals surface area contributed by atoms with E-state index in [-0.39, 0.29) is 23.3 Å². The molecule has 0 fully saturated rings. The lowest BCUT2D eigenvalue weighted by Crippen LogP contribution is -2.39. The number of benzene rings is 2. The topological polar surface area (TPSA) is 75.6 Å². The second kappa shape index (κ2) is 7.60. The Labute approximate surface area is 153 Å². The van der Waals surface area contributed by atoms with Crippen molar-refractivity contribution in [3.8, 4) is 5.75 Å². The molecule has 0 saturated heterocycles. The number of nitrogens with one attached hydrogen (secondary N) is 1. The number of hydrogen-bond donors (Lipinski definition) is 2. The van der Waals surface area contributed by atoms with Crippen molar-refractivity contribution in [3.63, 3.8) is 0 Å². The summed E-state index contributed by atoms with van der Waals surface area (Å²) in [6, 6.07) is 12.8. The van der Waals surface area contributed by atoms with Crippen LogP contribution in [0.5, 0.6) is 5.75 Å². The van der Waals surface area contributed by atoms with Crippen LogP contribution in [0.4, 0.5) is 0 Å². The smallest absolute Gasteiger partial charge is 0.342 e. The molecular weight excluding hydrogens is 330 g/mol. The van der Waals surface area contributed by atoms with Crippen molar-refractivity contribution < 1.29 is 19.4 Å². The van der Waals surface area contributed by atoms with Gasteiger partial charge in [0.2, 0.25) is 0 Å². The maximum absolute atomic E-state index is 12.5. The van der Waals surface area contributed by atoms with Crippen LogP contribution >= 0.6 is 0 Å². The lowest BCUT2D eigenvalue weighted by molar-refractivity contribution is -0.130. The summed E-state index contributed by atoms with van der Waals surface area (Å²) in [5.74, 6) is -1.17. The molecule has 136 valence electrons. The zero-order valence-corrected chi connectivity index (χ0v) is 15.0. The number of carbonyl (C=O) groups excluding carboxylic acids is 2. The highest BCUT2D eigenvalue weighted by atomic mass is 16.5. The molecule has 0 heterocycles. The van der Waals surface area contributed by atoms with Crippen LogP contribution in [0.1, 0.15) is 52.9 Å². The molecular formula is C21H23NO4. The number of aryl methyl sites for hydroxylation is 2. The van der Waals surface area contributed by atoms with Crippen LogP contribution < -0.4 is 5.32 Å². The van der Waals surface area contributed by atoms with E-state index in [0.717, 1.165) is 24.8 Å². The molecule has 3 rings (SSSR count). The quantitative estimate of drug-likeness (QED) is 0.826. The molecule has 2 aromatic rings. The second-order valence-corrected chi connectivity index (χ2v) is 6.67. The Morgan fingerprint density at radius 2 is 1.96 bits per heavy atom. The fourth-order valence-corrected chi connectivity index (χ4v) is 3.29. The first kappa shape index (κ1) is 18.0. The van der Waals surface area contributed by atoms with Gasteiger partial charge in [0.1, 0.15) is 11.3 Å². The average molecular weight is 353 g/mol. The summed E-state index contributed by atoms with van der Waals surface area (Å²) in [5, 5.41) is 13.0. The summed E-state index contributed by atoms with van der Waals surface area (Å²) in [7, 11) is 0. The molecule has 0 spiro atoms. The van der Waals surface area contributed by atoms with E-state index in [0.29, 0.717) is 5.56 Å². The summed E-state index contributed by atoms with van der Waals surface area (Å²) in [4.78, 5) is 24.7. The van der Waals surface area contributed by atoms with Crippen LogP contribution in [0.2, 0.25) is 0 Å². The van der Waals surface area contributed by atoms with Crippen molar-refractivity contribution in [2.45, 2.75) is 45.3 Å². The van der Waals surface area contributed by atoms with Crippen molar-refractivity contribution in [1.29, 1.82) is 0 Å². The third-order valence-corrected chi connectivity index (χ3v) is 4.80. The molecule has 1 aliphatic rings. The molecule has 26 heavy (non-hydrogen) atoms. The van der Waals surface area contributed by atoms with Gasteiger partial charge in [-0.1, -0.05) is 36.4 Å². The van der Waals surface area contributed by atoms with E-state index < -0.39 is 12.1 Å². The van der Waals surface area contributed by atoms with E-state index in [1.54, 1.807) is 19.1 Å². The van der Waals surface area contributed by atoms with Crippen molar-refractivity contribution in [3.05, 3.63) is 64.7 Å². The largest absolute Gasteiger partial charge is 0.507 e. The minimum Gasteiger partial charge on any atom is -0.507 e. The third-order valence-electron chi connectivity index (χ3n) is 4.80. The van der Waals surface area contributed by atoms with E-state index in [1.165, 1.54) is 18.6 Å².